The molecule has 162 valence electrons. The molecule has 4 aromatic rings. The molecule has 0 N–H and O–H groups in total. The molecule has 0 bridgehead atoms. The second kappa shape index (κ2) is 9.07. The summed E-state index contributed by atoms with van der Waals surface area (Å²) in [5, 5.41) is 4.77. The maximum absolute atomic E-state index is 14.2. The van der Waals surface area contributed by atoms with Gasteiger partial charge in [0.25, 0.3) is 0 Å². The van der Waals surface area contributed by atoms with E-state index < -0.39 is 0 Å². The smallest absolute Gasteiger partial charge is 0.131 e. The molecule has 0 amide bonds. The Morgan fingerprint density at radius 2 is 1.47 bits per heavy atom. The average molecular weight is 427 g/mol. The van der Waals surface area contributed by atoms with E-state index >= 15 is 0 Å². The van der Waals surface area contributed by atoms with Crippen molar-refractivity contribution < 1.29 is 4.39 Å². The number of piperazine rings is 1. The molecule has 5 heteroatoms. The molecule has 32 heavy (non-hydrogen) atoms. The minimum atomic E-state index is -0.209. The maximum atomic E-state index is 14.2. The number of hydrogen-bond acceptors (Lipinski definition) is 3. The van der Waals surface area contributed by atoms with Gasteiger partial charge in [0.2, 0.25) is 0 Å². The Morgan fingerprint density at radius 1 is 0.781 bits per heavy atom. The van der Waals surface area contributed by atoms with E-state index in [1.807, 2.05) is 53.3 Å². The highest BCUT2D eigenvalue weighted by Crippen LogP contribution is 2.29. The van der Waals surface area contributed by atoms with Crippen molar-refractivity contribution >= 4 is 0 Å². The SMILES string of the molecule is CN1CCN(Cc2cnn(-c3ccc(-c4ccccc4F)cc3)c2-c2ccccc2)CC1. The first-order valence-corrected chi connectivity index (χ1v) is 11.1. The van der Waals surface area contributed by atoms with Gasteiger partial charge in [-0.15, -0.1) is 0 Å². The second-order valence-corrected chi connectivity index (χ2v) is 8.40. The summed E-state index contributed by atoms with van der Waals surface area (Å²) in [6, 6.07) is 25.3. The fraction of sp³-hybridized carbons (Fsp3) is 0.222. The zero-order valence-electron chi connectivity index (χ0n) is 18.3. The quantitative estimate of drug-likeness (QED) is 0.444. The monoisotopic (exact) mass is 426 g/mol. The molecule has 2 heterocycles. The molecule has 5 rings (SSSR count). The van der Waals surface area contributed by atoms with E-state index in [0.717, 1.165) is 55.2 Å². The van der Waals surface area contributed by atoms with Crippen LogP contribution in [0.15, 0.2) is 85.1 Å². The van der Waals surface area contributed by atoms with E-state index in [2.05, 4.69) is 41.1 Å². The van der Waals surface area contributed by atoms with Crippen molar-refractivity contribution in [3.8, 4) is 28.1 Å². The van der Waals surface area contributed by atoms with E-state index in [0.29, 0.717) is 5.56 Å². The van der Waals surface area contributed by atoms with Crippen molar-refractivity contribution in [1.82, 2.24) is 19.6 Å². The summed E-state index contributed by atoms with van der Waals surface area (Å²) in [6.45, 7) is 5.19. The van der Waals surface area contributed by atoms with Gasteiger partial charge in [0.1, 0.15) is 5.82 Å². The predicted molar refractivity (Wildman–Crippen MR) is 127 cm³/mol. The van der Waals surface area contributed by atoms with Gasteiger partial charge in [-0.25, -0.2) is 9.07 Å². The molecule has 1 aromatic heterocycles. The summed E-state index contributed by atoms with van der Waals surface area (Å²) in [4.78, 5) is 4.87. The Labute approximate surface area is 188 Å². The van der Waals surface area contributed by atoms with Crippen LogP contribution in [0.2, 0.25) is 0 Å². The maximum Gasteiger partial charge on any atom is 0.131 e. The summed E-state index contributed by atoms with van der Waals surface area (Å²) in [6.07, 6.45) is 1.99. The van der Waals surface area contributed by atoms with Crippen molar-refractivity contribution in [2.75, 3.05) is 33.2 Å². The topological polar surface area (TPSA) is 24.3 Å². The molecule has 0 saturated carbocycles. The Bertz CT molecular complexity index is 1180. The molecule has 4 nitrogen and oxygen atoms in total. The van der Waals surface area contributed by atoms with Gasteiger partial charge in [-0.3, -0.25) is 4.90 Å². The van der Waals surface area contributed by atoms with Crippen LogP contribution in [-0.2, 0) is 6.54 Å². The van der Waals surface area contributed by atoms with Crippen molar-refractivity contribution in [2.24, 2.45) is 0 Å². The van der Waals surface area contributed by atoms with Crippen LogP contribution in [0, 0.1) is 5.82 Å². The van der Waals surface area contributed by atoms with Crippen LogP contribution in [0.1, 0.15) is 5.56 Å². The lowest BCUT2D eigenvalue weighted by atomic mass is 10.0. The molecule has 1 saturated heterocycles. The average Bonchev–Trinajstić information content (AvgIpc) is 3.25. The zero-order chi connectivity index (χ0) is 21.9. The van der Waals surface area contributed by atoms with Gasteiger partial charge in [-0.1, -0.05) is 60.7 Å². The van der Waals surface area contributed by atoms with E-state index in [-0.39, 0.29) is 5.82 Å². The van der Waals surface area contributed by atoms with Crippen molar-refractivity contribution in [3.05, 3.63) is 96.4 Å². The fourth-order valence-corrected chi connectivity index (χ4v) is 4.32. The summed E-state index contributed by atoms with van der Waals surface area (Å²) in [5.74, 6) is -0.209. The lowest BCUT2D eigenvalue weighted by Gasteiger charge is -2.32. The molecule has 1 fully saturated rings. The first kappa shape index (κ1) is 20.6. The van der Waals surface area contributed by atoms with Crippen LogP contribution in [-0.4, -0.2) is 52.8 Å². The number of aromatic nitrogens is 2. The van der Waals surface area contributed by atoms with Gasteiger partial charge < -0.3 is 4.90 Å². The number of nitrogens with zero attached hydrogens (tertiary/aromatic N) is 4. The van der Waals surface area contributed by atoms with Crippen LogP contribution in [0.4, 0.5) is 4.39 Å². The lowest BCUT2D eigenvalue weighted by Crippen LogP contribution is -2.43. The number of benzene rings is 3. The molecular weight excluding hydrogens is 399 g/mol. The van der Waals surface area contributed by atoms with Gasteiger partial charge in [0, 0.05) is 49.4 Å². The Hall–Kier alpha value is -3.28. The molecule has 3 aromatic carbocycles. The first-order valence-electron chi connectivity index (χ1n) is 11.1. The molecule has 1 aliphatic heterocycles. The number of likely N-dealkylation sites (N-methyl/N-ethyl adjacent to an activating group) is 1. The van der Waals surface area contributed by atoms with E-state index in [1.54, 1.807) is 6.07 Å². The molecule has 1 aliphatic rings. The minimum Gasteiger partial charge on any atom is -0.304 e. The third-order valence-corrected chi connectivity index (χ3v) is 6.18. The number of halogens is 1. The largest absolute Gasteiger partial charge is 0.304 e. The highest BCUT2D eigenvalue weighted by atomic mass is 19.1. The second-order valence-electron chi connectivity index (χ2n) is 8.40. The van der Waals surface area contributed by atoms with E-state index in [4.69, 9.17) is 5.10 Å². The highest BCUT2D eigenvalue weighted by Gasteiger charge is 2.19. The van der Waals surface area contributed by atoms with Crippen LogP contribution in [0.5, 0.6) is 0 Å². The number of rotatable bonds is 5. The van der Waals surface area contributed by atoms with Gasteiger partial charge in [0.15, 0.2) is 0 Å². The van der Waals surface area contributed by atoms with Crippen LogP contribution < -0.4 is 0 Å². The third kappa shape index (κ3) is 4.22. The van der Waals surface area contributed by atoms with Gasteiger partial charge >= 0.3 is 0 Å². The lowest BCUT2D eigenvalue weighted by molar-refractivity contribution is 0.148. The Kier molecular flexibility index (Phi) is 5.84. The third-order valence-electron chi connectivity index (χ3n) is 6.18. The van der Waals surface area contributed by atoms with Crippen molar-refractivity contribution in [3.63, 3.8) is 0 Å². The molecule has 0 aliphatic carbocycles. The number of hydrogen-bond donors (Lipinski definition) is 0. The predicted octanol–water partition coefficient (Wildman–Crippen LogP) is 5.09. The van der Waals surface area contributed by atoms with E-state index in [1.165, 1.54) is 11.6 Å². The van der Waals surface area contributed by atoms with Crippen LogP contribution >= 0.6 is 0 Å². The van der Waals surface area contributed by atoms with Crippen LogP contribution in [0.3, 0.4) is 0 Å². The fourth-order valence-electron chi connectivity index (χ4n) is 4.32. The van der Waals surface area contributed by atoms with E-state index in [9.17, 15) is 4.39 Å². The first-order chi connectivity index (χ1) is 15.7. The Balaban J connectivity index is 1.50. The zero-order valence-corrected chi connectivity index (χ0v) is 18.3. The molecule has 0 unspecified atom stereocenters. The molecule has 0 radical (unpaired) electrons. The standard InChI is InChI=1S/C27H27FN4/c1-30-15-17-31(18-16-30)20-23-19-29-32(27(23)22-7-3-2-4-8-22)24-13-11-21(12-14-24)25-9-5-6-10-26(25)28/h2-14,19H,15-18,20H2,1H3. The van der Waals surface area contributed by atoms with Gasteiger partial charge in [-0.05, 0) is 30.8 Å². The molecule has 0 spiro atoms. The van der Waals surface area contributed by atoms with Crippen molar-refractivity contribution in [1.29, 1.82) is 0 Å². The van der Waals surface area contributed by atoms with Gasteiger partial charge in [-0.2, -0.15) is 5.10 Å². The van der Waals surface area contributed by atoms with Crippen molar-refractivity contribution in [2.45, 2.75) is 6.54 Å². The normalized spacial score (nSPS) is 15.2. The summed E-state index contributed by atoms with van der Waals surface area (Å²) in [5.41, 5.74) is 5.92. The summed E-state index contributed by atoms with van der Waals surface area (Å²) < 4.78 is 16.2. The molecule has 0 atom stereocenters. The summed E-state index contributed by atoms with van der Waals surface area (Å²) >= 11 is 0. The molecular formula is C27H27FN4. The summed E-state index contributed by atoms with van der Waals surface area (Å²) in [7, 11) is 2.18. The Morgan fingerprint density at radius 3 is 2.19 bits per heavy atom. The van der Waals surface area contributed by atoms with Gasteiger partial charge in [0.05, 0.1) is 17.6 Å². The minimum absolute atomic E-state index is 0.209. The highest BCUT2D eigenvalue weighted by molar-refractivity contribution is 5.68. The van der Waals surface area contributed by atoms with Crippen LogP contribution in [0.25, 0.3) is 28.1 Å².